The number of hydrogen-bond donors (Lipinski definition) is 1. The quantitative estimate of drug-likeness (QED) is 0.394. The first-order valence-corrected chi connectivity index (χ1v) is 12.6. The molecule has 5 rings (SSSR count). The Hall–Kier alpha value is -3.58. The van der Waals surface area contributed by atoms with Crippen LogP contribution in [0.4, 0.5) is 0 Å². The third-order valence-corrected chi connectivity index (χ3v) is 7.29. The van der Waals surface area contributed by atoms with Crippen LogP contribution in [0.2, 0.25) is 5.02 Å². The van der Waals surface area contributed by atoms with Crippen LogP contribution in [0.1, 0.15) is 41.7 Å². The fourth-order valence-corrected chi connectivity index (χ4v) is 5.27. The van der Waals surface area contributed by atoms with E-state index in [0.717, 1.165) is 48.2 Å². The number of ether oxygens (including phenoxy) is 1. The van der Waals surface area contributed by atoms with E-state index in [0.29, 0.717) is 28.7 Å². The molecule has 0 unspecified atom stereocenters. The molecular weight excluding hydrogens is 476 g/mol. The number of pyridine rings is 1. The van der Waals surface area contributed by atoms with Crippen molar-refractivity contribution in [1.29, 1.82) is 0 Å². The van der Waals surface area contributed by atoms with Crippen LogP contribution >= 0.6 is 11.6 Å². The highest BCUT2D eigenvalue weighted by Gasteiger charge is 2.25. The molecule has 1 aliphatic carbocycles. The maximum absolute atomic E-state index is 13.6. The van der Waals surface area contributed by atoms with Crippen LogP contribution in [0, 0.1) is 12.8 Å². The highest BCUT2D eigenvalue weighted by molar-refractivity contribution is 6.30. The van der Waals surface area contributed by atoms with Crippen molar-refractivity contribution in [3.63, 3.8) is 0 Å². The van der Waals surface area contributed by atoms with E-state index < -0.39 is 0 Å². The number of carbonyl (C=O) groups excluding carboxylic acids is 1. The number of imidazole rings is 1. The van der Waals surface area contributed by atoms with Gasteiger partial charge in [-0.1, -0.05) is 23.7 Å². The molecule has 8 heteroatoms. The minimum absolute atomic E-state index is 0.0410. The lowest BCUT2D eigenvalue weighted by atomic mass is 9.85. The van der Waals surface area contributed by atoms with Gasteiger partial charge in [0.2, 0.25) is 0 Å². The fourth-order valence-electron chi connectivity index (χ4n) is 5.11. The predicted molar refractivity (Wildman–Crippen MR) is 141 cm³/mol. The molecule has 2 aromatic carbocycles. The Morgan fingerprint density at radius 3 is 2.47 bits per heavy atom. The number of aryl methyl sites for hydroxylation is 1. The van der Waals surface area contributed by atoms with Crippen molar-refractivity contribution >= 4 is 28.5 Å². The molecule has 4 aromatic rings. The standard InChI is InChI=1S/C28H29ClN4O3/c1-18-24(15-20(29)16-30-18)27(34)31-21-9-7-19(8-10-21)17-32-25-5-3-4-6-26(25)33(28(32)35)22-11-13-23(36-2)14-12-22/h3-6,11-16,19,21H,7-10,17H2,1-2H3,(H,31,34)/t19-,21-. The number of nitrogens with zero attached hydrogens (tertiary/aromatic N) is 3. The Balaban J connectivity index is 1.30. The molecule has 1 saturated carbocycles. The monoisotopic (exact) mass is 504 g/mol. The van der Waals surface area contributed by atoms with Crippen LogP contribution in [0.15, 0.2) is 65.6 Å². The van der Waals surface area contributed by atoms with Gasteiger partial charge in [0.05, 0.1) is 40.1 Å². The van der Waals surface area contributed by atoms with Crippen LogP contribution in [0.25, 0.3) is 16.7 Å². The number of para-hydroxylation sites is 2. The smallest absolute Gasteiger partial charge is 0.333 e. The molecule has 0 spiro atoms. The number of carbonyl (C=O) groups is 1. The van der Waals surface area contributed by atoms with Gasteiger partial charge in [-0.05, 0) is 81.0 Å². The van der Waals surface area contributed by atoms with Gasteiger partial charge >= 0.3 is 5.69 Å². The van der Waals surface area contributed by atoms with Crippen LogP contribution in [-0.4, -0.2) is 33.2 Å². The van der Waals surface area contributed by atoms with Gasteiger partial charge in [0.1, 0.15) is 5.75 Å². The van der Waals surface area contributed by atoms with E-state index in [1.54, 1.807) is 23.9 Å². The van der Waals surface area contributed by atoms with Crippen molar-refractivity contribution in [1.82, 2.24) is 19.4 Å². The molecular formula is C28H29ClN4O3. The normalized spacial score (nSPS) is 17.8. The van der Waals surface area contributed by atoms with Gasteiger partial charge < -0.3 is 10.1 Å². The first-order chi connectivity index (χ1) is 17.4. The van der Waals surface area contributed by atoms with E-state index in [1.807, 2.05) is 60.0 Å². The average Bonchev–Trinajstić information content (AvgIpc) is 3.17. The van der Waals surface area contributed by atoms with E-state index in [2.05, 4.69) is 10.3 Å². The second-order valence-electron chi connectivity index (χ2n) is 9.39. The third kappa shape index (κ3) is 4.75. The number of hydrogen-bond acceptors (Lipinski definition) is 4. The molecule has 1 fully saturated rings. The van der Waals surface area contributed by atoms with E-state index in [9.17, 15) is 9.59 Å². The SMILES string of the molecule is COc1ccc(-n2c(=O)n(C[C@H]3CC[C@H](NC(=O)c4cc(Cl)cnc4C)CC3)c3ccccc32)cc1. The summed E-state index contributed by atoms with van der Waals surface area (Å²) in [6.45, 7) is 2.46. The topological polar surface area (TPSA) is 78.1 Å². The summed E-state index contributed by atoms with van der Waals surface area (Å²) >= 11 is 6.03. The molecule has 0 radical (unpaired) electrons. The Morgan fingerprint density at radius 2 is 1.78 bits per heavy atom. The molecule has 0 saturated heterocycles. The summed E-state index contributed by atoms with van der Waals surface area (Å²) < 4.78 is 8.93. The van der Waals surface area contributed by atoms with E-state index in [1.165, 1.54) is 0 Å². The highest BCUT2D eigenvalue weighted by atomic mass is 35.5. The van der Waals surface area contributed by atoms with Gasteiger partial charge in [0, 0.05) is 18.8 Å². The van der Waals surface area contributed by atoms with Gasteiger partial charge in [0.15, 0.2) is 0 Å². The van der Waals surface area contributed by atoms with Gasteiger partial charge in [-0.15, -0.1) is 0 Å². The molecule has 2 aromatic heterocycles. The molecule has 2 heterocycles. The third-order valence-electron chi connectivity index (χ3n) is 7.09. The van der Waals surface area contributed by atoms with Crippen molar-refractivity contribution in [2.45, 2.75) is 45.2 Å². The Kier molecular flexibility index (Phi) is 6.83. The van der Waals surface area contributed by atoms with E-state index >= 15 is 0 Å². The van der Waals surface area contributed by atoms with Gasteiger partial charge in [0.25, 0.3) is 5.91 Å². The fraction of sp³-hybridized carbons (Fsp3) is 0.321. The number of amides is 1. The lowest BCUT2D eigenvalue weighted by Crippen LogP contribution is -2.39. The predicted octanol–water partition coefficient (Wildman–Crippen LogP) is 5.15. The summed E-state index contributed by atoms with van der Waals surface area (Å²) in [5, 5.41) is 3.60. The van der Waals surface area contributed by atoms with Gasteiger partial charge in [-0.25, -0.2) is 4.79 Å². The number of aromatic nitrogens is 3. The maximum atomic E-state index is 13.6. The lowest BCUT2D eigenvalue weighted by molar-refractivity contribution is 0.0919. The second-order valence-corrected chi connectivity index (χ2v) is 9.83. The zero-order valence-corrected chi connectivity index (χ0v) is 21.2. The highest BCUT2D eigenvalue weighted by Crippen LogP contribution is 2.28. The number of benzene rings is 2. The minimum atomic E-state index is -0.135. The van der Waals surface area contributed by atoms with Crippen molar-refractivity contribution in [2.24, 2.45) is 5.92 Å². The van der Waals surface area contributed by atoms with Gasteiger partial charge in [-0.2, -0.15) is 0 Å². The number of halogens is 1. The van der Waals surface area contributed by atoms with Crippen molar-refractivity contribution in [3.8, 4) is 11.4 Å². The minimum Gasteiger partial charge on any atom is -0.497 e. The summed E-state index contributed by atoms with van der Waals surface area (Å²) in [5.41, 5.74) is 3.77. The molecule has 1 N–H and O–H groups in total. The van der Waals surface area contributed by atoms with Crippen LogP contribution < -0.4 is 15.7 Å². The van der Waals surface area contributed by atoms with Crippen LogP contribution in [-0.2, 0) is 6.54 Å². The lowest BCUT2D eigenvalue weighted by Gasteiger charge is -2.29. The zero-order valence-electron chi connectivity index (χ0n) is 20.4. The number of nitrogens with one attached hydrogen (secondary N) is 1. The molecule has 1 amide bonds. The molecule has 36 heavy (non-hydrogen) atoms. The zero-order chi connectivity index (χ0) is 25.2. The maximum Gasteiger partial charge on any atom is 0.333 e. The Labute approximate surface area is 214 Å². The average molecular weight is 505 g/mol. The second kappa shape index (κ2) is 10.2. The number of methoxy groups -OCH3 is 1. The molecule has 0 bridgehead atoms. The number of rotatable bonds is 6. The number of fused-ring (bicyclic) bond motifs is 1. The molecule has 186 valence electrons. The first kappa shape index (κ1) is 24.1. The van der Waals surface area contributed by atoms with E-state index in [4.69, 9.17) is 16.3 Å². The molecule has 0 atom stereocenters. The molecule has 0 aliphatic heterocycles. The largest absolute Gasteiger partial charge is 0.497 e. The summed E-state index contributed by atoms with van der Waals surface area (Å²) in [7, 11) is 1.63. The summed E-state index contributed by atoms with van der Waals surface area (Å²) in [4.78, 5) is 30.5. The van der Waals surface area contributed by atoms with E-state index in [-0.39, 0.29) is 17.6 Å². The molecule has 7 nitrogen and oxygen atoms in total. The summed E-state index contributed by atoms with van der Waals surface area (Å²) in [5.74, 6) is 0.978. The van der Waals surface area contributed by atoms with Gasteiger partial charge in [-0.3, -0.25) is 18.9 Å². The van der Waals surface area contributed by atoms with Crippen LogP contribution in [0.3, 0.4) is 0 Å². The molecule has 1 aliphatic rings. The van der Waals surface area contributed by atoms with Crippen molar-refractivity contribution in [3.05, 3.63) is 87.6 Å². The van der Waals surface area contributed by atoms with Crippen molar-refractivity contribution < 1.29 is 9.53 Å². The Bertz CT molecular complexity index is 1450. The van der Waals surface area contributed by atoms with Crippen molar-refractivity contribution in [2.75, 3.05) is 7.11 Å². The first-order valence-electron chi connectivity index (χ1n) is 12.2. The summed E-state index contributed by atoms with van der Waals surface area (Å²) in [6.07, 6.45) is 5.16. The Morgan fingerprint density at radius 1 is 1.08 bits per heavy atom. The van der Waals surface area contributed by atoms with Crippen LogP contribution in [0.5, 0.6) is 5.75 Å². The summed E-state index contributed by atoms with van der Waals surface area (Å²) in [6, 6.07) is 17.2.